The Morgan fingerprint density at radius 2 is 2.00 bits per heavy atom. The lowest BCUT2D eigenvalue weighted by molar-refractivity contribution is -0.137. The molecule has 0 aliphatic rings. The summed E-state index contributed by atoms with van der Waals surface area (Å²) in [6.45, 7) is 4.78. The number of ether oxygens (including phenoxy) is 1. The highest BCUT2D eigenvalue weighted by Gasteiger charge is 2.16. The van der Waals surface area contributed by atoms with Gasteiger partial charge in [-0.05, 0) is 27.3 Å². The zero-order valence-electron chi connectivity index (χ0n) is 9.49. The molecule has 0 rings (SSSR count). The van der Waals surface area contributed by atoms with Crippen LogP contribution < -0.4 is 0 Å². The van der Waals surface area contributed by atoms with Crippen molar-refractivity contribution in [2.75, 3.05) is 20.8 Å². The summed E-state index contributed by atoms with van der Waals surface area (Å²) in [5.41, 5.74) is 0. The third kappa shape index (κ3) is 5.19. The second kappa shape index (κ2) is 6.79. The number of likely N-dealkylation sites (N-methyl/N-ethyl adjacent to an activating group) is 1. The van der Waals surface area contributed by atoms with Crippen molar-refractivity contribution in [3.63, 3.8) is 0 Å². The molecule has 4 nitrogen and oxygen atoms in total. The van der Waals surface area contributed by atoms with Crippen molar-refractivity contribution < 1.29 is 14.6 Å². The fourth-order valence-corrected chi connectivity index (χ4v) is 1.33. The van der Waals surface area contributed by atoms with Gasteiger partial charge in [-0.3, -0.25) is 9.69 Å². The van der Waals surface area contributed by atoms with E-state index >= 15 is 0 Å². The molecule has 1 N–H and O–H groups in total. The SMILES string of the molecule is COCC(C)N(C)C(C)CCC(=O)O. The molecule has 0 aromatic heterocycles. The van der Waals surface area contributed by atoms with Crippen LogP contribution in [0, 0.1) is 0 Å². The molecular formula is C10H21NO3. The van der Waals surface area contributed by atoms with Crippen LogP contribution in [-0.2, 0) is 9.53 Å². The van der Waals surface area contributed by atoms with Gasteiger partial charge in [0, 0.05) is 25.6 Å². The van der Waals surface area contributed by atoms with Gasteiger partial charge >= 0.3 is 5.97 Å². The first-order valence-electron chi connectivity index (χ1n) is 4.91. The van der Waals surface area contributed by atoms with E-state index in [9.17, 15) is 4.79 Å². The van der Waals surface area contributed by atoms with E-state index in [2.05, 4.69) is 11.8 Å². The third-order valence-electron chi connectivity index (χ3n) is 2.57. The highest BCUT2D eigenvalue weighted by atomic mass is 16.5. The summed E-state index contributed by atoms with van der Waals surface area (Å²) in [6.07, 6.45) is 0.908. The van der Waals surface area contributed by atoms with Crippen LogP contribution in [0.1, 0.15) is 26.7 Å². The Morgan fingerprint density at radius 1 is 1.43 bits per heavy atom. The van der Waals surface area contributed by atoms with Gasteiger partial charge in [-0.1, -0.05) is 0 Å². The van der Waals surface area contributed by atoms with E-state index in [4.69, 9.17) is 9.84 Å². The Balaban J connectivity index is 3.85. The Labute approximate surface area is 85.9 Å². The van der Waals surface area contributed by atoms with Crippen molar-refractivity contribution in [2.24, 2.45) is 0 Å². The lowest BCUT2D eigenvalue weighted by Crippen LogP contribution is -2.39. The largest absolute Gasteiger partial charge is 0.481 e. The lowest BCUT2D eigenvalue weighted by Gasteiger charge is -2.30. The normalized spacial score (nSPS) is 15.5. The smallest absolute Gasteiger partial charge is 0.303 e. The van der Waals surface area contributed by atoms with Crippen LogP contribution in [0.15, 0.2) is 0 Å². The van der Waals surface area contributed by atoms with Crippen molar-refractivity contribution in [2.45, 2.75) is 38.8 Å². The first-order valence-corrected chi connectivity index (χ1v) is 4.91. The van der Waals surface area contributed by atoms with Crippen molar-refractivity contribution in [1.29, 1.82) is 0 Å². The van der Waals surface area contributed by atoms with Crippen molar-refractivity contribution in [1.82, 2.24) is 4.90 Å². The third-order valence-corrected chi connectivity index (χ3v) is 2.57. The molecule has 14 heavy (non-hydrogen) atoms. The van der Waals surface area contributed by atoms with Crippen LogP contribution in [0.25, 0.3) is 0 Å². The van der Waals surface area contributed by atoms with Gasteiger partial charge < -0.3 is 9.84 Å². The topological polar surface area (TPSA) is 49.8 Å². The standard InChI is InChI=1S/C10H21NO3/c1-8(5-6-10(12)13)11(3)9(2)7-14-4/h8-9H,5-7H2,1-4H3,(H,12,13). The number of carboxylic acids is 1. The van der Waals surface area contributed by atoms with E-state index in [0.29, 0.717) is 19.1 Å². The second-order valence-electron chi connectivity index (χ2n) is 3.75. The van der Waals surface area contributed by atoms with Gasteiger partial charge in [0.1, 0.15) is 0 Å². The number of nitrogens with zero attached hydrogens (tertiary/aromatic N) is 1. The van der Waals surface area contributed by atoms with Gasteiger partial charge in [0.15, 0.2) is 0 Å². The number of carboxylic acid groups (broad SMARTS) is 1. The number of methoxy groups -OCH3 is 1. The Bertz CT molecular complexity index is 173. The van der Waals surface area contributed by atoms with Crippen LogP contribution in [0.2, 0.25) is 0 Å². The summed E-state index contributed by atoms with van der Waals surface area (Å²) < 4.78 is 5.04. The number of hydrogen-bond acceptors (Lipinski definition) is 3. The first-order chi connectivity index (χ1) is 6.49. The van der Waals surface area contributed by atoms with Gasteiger partial charge in [-0.25, -0.2) is 0 Å². The van der Waals surface area contributed by atoms with E-state index in [1.165, 1.54) is 0 Å². The second-order valence-corrected chi connectivity index (χ2v) is 3.75. The zero-order chi connectivity index (χ0) is 11.1. The summed E-state index contributed by atoms with van der Waals surface area (Å²) in [5.74, 6) is -0.732. The molecule has 0 spiro atoms. The van der Waals surface area contributed by atoms with Gasteiger partial charge in [0.2, 0.25) is 0 Å². The molecule has 0 aromatic carbocycles. The van der Waals surface area contributed by atoms with E-state index in [1.54, 1.807) is 7.11 Å². The maximum absolute atomic E-state index is 10.4. The summed E-state index contributed by atoms with van der Waals surface area (Å²) in [4.78, 5) is 12.5. The predicted octanol–water partition coefficient (Wildman–Crippen LogP) is 1.21. The number of aliphatic carboxylic acids is 1. The van der Waals surface area contributed by atoms with E-state index in [1.807, 2.05) is 14.0 Å². The van der Waals surface area contributed by atoms with E-state index < -0.39 is 5.97 Å². The quantitative estimate of drug-likeness (QED) is 0.675. The molecule has 0 bridgehead atoms. The molecule has 0 saturated heterocycles. The molecule has 0 saturated carbocycles. The van der Waals surface area contributed by atoms with Crippen LogP contribution in [0.4, 0.5) is 0 Å². The van der Waals surface area contributed by atoms with E-state index in [-0.39, 0.29) is 12.5 Å². The molecule has 4 heteroatoms. The van der Waals surface area contributed by atoms with Crippen molar-refractivity contribution in [3.8, 4) is 0 Å². The molecule has 2 unspecified atom stereocenters. The summed E-state index contributed by atoms with van der Waals surface area (Å²) in [5, 5.41) is 8.54. The van der Waals surface area contributed by atoms with Gasteiger partial charge in [-0.2, -0.15) is 0 Å². The van der Waals surface area contributed by atoms with Crippen LogP contribution in [0.3, 0.4) is 0 Å². The van der Waals surface area contributed by atoms with Crippen LogP contribution >= 0.6 is 0 Å². The Kier molecular flexibility index (Phi) is 6.49. The molecule has 0 heterocycles. The van der Waals surface area contributed by atoms with Crippen molar-refractivity contribution in [3.05, 3.63) is 0 Å². The predicted molar refractivity (Wildman–Crippen MR) is 55.4 cm³/mol. The highest BCUT2D eigenvalue weighted by molar-refractivity contribution is 5.66. The van der Waals surface area contributed by atoms with Crippen LogP contribution in [-0.4, -0.2) is 48.8 Å². The average molecular weight is 203 g/mol. The fourth-order valence-electron chi connectivity index (χ4n) is 1.33. The monoisotopic (exact) mass is 203 g/mol. The molecule has 0 aromatic rings. The minimum absolute atomic E-state index is 0.227. The Hall–Kier alpha value is -0.610. The number of rotatable bonds is 7. The first kappa shape index (κ1) is 13.4. The number of carbonyl (C=O) groups is 1. The molecule has 0 radical (unpaired) electrons. The van der Waals surface area contributed by atoms with Gasteiger partial charge in [-0.15, -0.1) is 0 Å². The highest BCUT2D eigenvalue weighted by Crippen LogP contribution is 2.08. The minimum Gasteiger partial charge on any atom is -0.481 e. The maximum Gasteiger partial charge on any atom is 0.303 e. The zero-order valence-corrected chi connectivity index (χ0v) is 9.49. The summed E-state index contributed by atoms with van der Waals surface area (Å²) in [6, 6.07) is 0.597. The summed E-state index contributed by atoms with van der Waals surface area (Å²) in [7, 11) is 3.67. The molecule has 0 fully saturated rings. The maximum atomic E-state index is 10.4. The molecular weight excluding hydrogens is 182 g/mol. The fraction of sp³-hybridized carbons (Fsp3) is 0.900. The molecule has 0 aliphatic heterocycles. The van der Waals surface area contributed by atoms with Gasteiger partial charge in [0.25, 0.3) is 0 Å². The Morgan fingerprint density at radius 3 is 2.43 bits per heavy atom. The average Bonchev–Trinajstić information content (AvgIpc) is 2.13. The molecule has 0 aliphatic carbocycles. The molecule has 84 valence electrons. The molecule has 0 amide bonds. The van der Waals surface area contributed by atoms with E-state index in [0.717, 1.165) is 0 Å². The van der Waals surface area contributed by atoms with Crippen molar-refractivity contribution >= 4 is 5.97 Å². The molecule has 2 atom stereocenters. The summed E-state index contributed by atoms with van der Waals surface area (Å²) >= 11 is 0. The van der Waals surface area contributed by atoms with Gasteiger partial charge in [0.05, 0.1) is 6.61 Å². The lowest BCUT2D eigenvalue weighted by atomic mass is 10.1. The minimum atomic E-state index is -0.732. The van der Waals surface area contributed by atoms with Crippen LogP contribution in [0.5, 0.6) is 0 Å². The number of hydrogen-bond donors (Lipinski definition) is 1.